The summed E-state index contributed by atoms with van der Waals surface area (Å²) >= 11 is 1.44. The Morgan fingerprint density at radius 2 is 1.85 bits per heavy atom. The number of carbonyl (C=O) groups is 1. The molecular formula is C21H22N4OS. The molecule has 0 spiro atoms. The van der Waals surface area contributed by atoms with Gasteiger partial charge in [-0.15, -0.1) is 10.2 Å². The Morgan fingerprint density at radius 1 is 1.11 bits per heavy atom. The number of nitrogens with zero attached hydrogens (tertiary/aromatic N) is 3. The number of carbonyl (C=O) groups excluding carboxylic acids is 1. The minimum atomic E-state index is -0.129. The standard InChI is InChI=1S/C21H22N4OS/c1-21(2)12-16-10-6-7-11-17(16)19-23-24-20(25(19)21)27-14-18(26)22-13-15-8-4-3-5-9-15/h3-11H,12-14H2,1-2H3,(H,22,26). The molecule has 0 radical (unpaired) electrons. The van der Waals surface area contributed by atoms with Crippen LogP contribution in [0.15, 0.2) is 59.8 Å². The molecule has 0 fully saturated rings. The smallest absolute Gasteiger partial charge is 0.230 e. The van der Waals surface area contributed by atoms with Crippen molar-refractivity contribution in [2.45, 2.75) is 37.5 Å². The number of hydrogen-bond acceptors (Lipinski definition) is 4. The molecule has 0 saturated carbocycles. The molecule has 1 N–H and O–H groups in total. The van der Waals surface area contributed by atoms with E-state index in [0.29, 0.717) is 12.3 Å². The Labute approximate surface area is 163 Å². The van der Waals surface area contributed by atoms with Gasteiger partial charge in [-0.2, -0.15) is 0 Å². The molecule has 2 aromatic carbocycles. The summed E-state index contributed by atoms with van der Waals surface area (Å²) in [5, 5.41) is 12.6. The Hall–Kier alpha value is -2.60. The van der Waals surface area contributed by atoms with Gasteiger partial charge in [0, 0.05) is 17.6 Å². The van der Waals surface area contributed by atoms with Crippen molar-refractivity contribution in [3.8, 4) is 11.4 Å². The molecule has 0 bridgehead atoms. The highest BCUT2D eigenvalue weighted by molar-refractivity contribution is 7.99. The minimum Gasteiger partial charge on any atom is -0.351 e. The van der Waals surface area contributed by atoms with E-state index in [9.17, 15) is 4.79 Å². The highest BCUT2D eigenvalue weighted by atomic mass is 32.2. The predicted molar refractivity (Wildman–Crippen MR) is 107 cm³/mol. The van der Waals surface area contributed by atoms with Gasteiger partial charge >= 0.3 is 0 Å². The number of aromatic nitrogens is 3. The molecule has 27 heavy (non-hydrogen) atoms. The third-order valence-corrected chi connectivity index (χ3v) is 5.71. The van der Waals surface area contributed by atoms with Gasteiger partial charge in [0.2, 0.25) is 5.91 Å². The summed E-state index contributed by atoms with van der Waals surface area (Å²) in [7, 11) is 0. The first-order valence-electron chi connectivity index (χ1n) is 9.02. The van der Waals surface area contributed by atoms with Crippen molar-refractivity contribution in [2.24, 2.45) is 0 Å². The SMILES string of the molecule is CC1(C)Cc2ccccc2-c2nnc(SCC(=O)NCc3ccccc3)n21. The van der Waals surface area contributed by atoms with Crippen LogP contribution in [0.5, 0.6) is 0 Å². The Bertz CT molecular complexity index is 965. The number of amides is 1. The number of thioether (sulfide) groups is 1. The van der Waals surface area contributed by atoms with Gasteiger partial charge in [0.1, 0.15) is 0 Å². The van der Waals surface area contributed by atoms with Crippen LogP contribution in [0.2, 0.25) is 0 Å². The average Bonchev–Trinajstić information content (AvgIpc) is 3.11. The first-order valence-corrected chi connectivity index (χ1v) is 10.0. The van der Waals surface area contributed by atoms with E-state index in [0.717, 1.165) is 28.5 Å². The summed E-state index contributed by atoms with van der Waals surface area (Å²) in [6, 6.07) is 18.2. The fourth-order valence-electron chi connectivity index (χ4n) is 3.50. The normalized spacial score (nSPS) is 14.3. The first kappa shape index (κ1) is 17.8. The van der Waals surface area contributed by atoms with Crippen molar-refractivity contribution < 1.29 is 4.79 Å². The lowest BCUT2D eigenvalue weighted by atomic mass is 9.87. The van der Waals surface area contributed by atoms with E-state index in [1.807, 2.05) is 36.4 Å². The molecule has 1 aliphatic rings. The maximum Gasteiger partial charge on any atom is 0.230 e. The first-order chi connectivity index (χ1) is 13.0. The fraction of sp³-hybridized carbons (Fsp3) is 0.286. The second kappa shape index (κ2) is 7.19. The number of rotatable bonds is 5. The molecule has 0 aliphatic carbocycles. The van der Waals surface area contributed by atoms with Gasteiger partial charge in [0.25, 0.3) is 0 Å². The van der Waals surface area contributed by atoms with E-state index in [-0.39, 0.29) is 11.4 Å². The maximum absolute atomic E-state index is 12.3. The molecule has 1 aliphatic heterocycles. The minimum absolute atomic E-state index is 0.00443. The van der Waals surface area contributed by atoms with Crippen molar-refractivity contribution in [2.75, 3.05) is 5.75 Å². The van der Waals surface area contributed by atoms with Crippen molar-refractivity contribution in [1.29, 1.82) is 0 Å². The van der Waals surface area contributed by atoms with Crippen LogP contribution in [0, 0.1) is 0 Å². The summed E-state index contributed by atoms with van der Waals surface area (Å²) in [5.74, 6) is 1.20. The van der Waals surface area contributed by atoms with Gasteiger partial charge in [-0.25, -0.2) is 0 Å². The second-order valence-corrected chi connectivity index (χ2v) is 8.28. The van der Waals surface area contributed by atoms with Crippen LogP contribution in [0.4, 0.5) is 0 Å². The van der Waals surface area contributed by atoms with E-state index in [1.54, 1.807) is 0 Å². The van der Waals surface area contributed by atoms with Crippen LogP contribution >= 0.6 is 11.8 Å². The number of hydrogen-bond donors (Lipinski definition) is 1. The van der Waals surface area contributed by atoms with Gasteiger partial charge < -0.3 is 5.32 Å². The average molecular weight is 379 g/mol. The van der Waals surface area contributed by atoms with Crippen LogP contribution in [0.3, 0.4) is 0 Å². The topological polar surface area (TPSA) is 59.8 Å². The molecule has 5 nitrogen and oxygen atoms in total. The molecule has 0 saturated heterocycles. The van der Waals surface area contributed by atoms with Crippen molar-refractivity contribution >= 4 is 17.7 Å². The fourth-order valence-corrected chi connectivity index (χ4v) is 4.42. The lowest BCUT2D eigenvalue weighted by Gasteiger charge is -2.34. The van der Waals surface area contributed by atoms with Crippen molar-refractivity contribution in [3.05, 3.63) is 65.7 Å². The molecule has 2 heterocycles. The summed E-state index contributed by atoms with van der Waals surface area (Å²) in [6.07, 6.45) is 0.919. The molecule has 3 aromatic rings. The summed E-state index contributed by atoms with van der Waals surface area (Å²) < 4.78 is 2.17. The maximum atomic E-state index is 12.3. The van der Waals surface area contributed by atoms with Crippen molar-refractivity contribution in [1.82, 2.24) is 20.1 Å². The third-order valence-electron chi connectivity index (χ3n) is 4.78. The highest BCUT2D eigenvalue weighted by Gasteiger charge is 2.34. The van der Waals surface area contributed by atoms with Crippen LogP contribution in [-0.2, 0) is 23.3 Å². The lowest BCUT2D eigenvalue weighted by molar-refractivity contribution is -0.118. The molecule has 1 aromatic heterocycles. The highest BCUT2D eigenvalue weighted by Crippen LogP contribution is 2.39. The zero-order valence-electron chi connectivity index (χ0n) is 15.5. The second-order valence-electron chi connectivity index (χ2n) is 7.34. The van der Waals surface area contributed by atoms with Gasteiger partial charge in [-0.1, -0.05) is 66.4 Å². The van der Waals surface area contributed by atoms with Gasteiger partial charge in [-0.3, -0.25) is 9.36 Å². The van der Waals surface area contributed by atoms with E-state index in [2.05, 4.69) is 52.1 Å². The summed E-state index contributed by atoms with van der Waals surface area (Å²) in [4.78, 5) is 12.3. The van der Waals surface area contributed by atoms with Gasteiger partial charge in [0.15, 0.2) is 11.0 Å². The molecule has 138 valence electrons. The molecule has 6 heteroatoms. The zero-order valence-corrected chi connectivity index (χ0v) is 16.3. The molecule has 4 rings (SSSR count). The monoisotopic (exact) mass is 378 g/mol. The van der Waals surface area contributed by atoms with Gasteiger partial charge in [-0.05, 0) is 31.4 Å². The Balaban J connectivity index is 1.47. The Kier molecular flexibility index (Phi) is 4.74. The predicted octanol–water partition coefficient (Wildman–Crippen LogP) is 3.64. The van der Waals surface area contributed by atoms with Crippen LogP contribution in [0.1, 0.15) is 25.0 Å². The van der Waals surface area contributed by atoms with Crippen molar-refractivity contribution in [3.63, 3.8) is 0 Å². The summed E-state index contributed by atoms with van der Waals surface area (Å²) in [5.41, 5.74) is 3.38. The molecule has 0 atom stereocenters. The Morgan fingerprint density at radius 3 is 2.67 bits per heavy atom. The van der Waals surface area contributed by atoms with E-state index >= 15 is 0 Å². The van der Waals surface area contributed by atoms with Crippen LogP contribution < -0.4 is 5.32 Å². The van der Waals surface area contributed by atoms with Crippen LogP contribution in [0.25, 0.3) is 11.4 Å². The van der Waals surface area contributed by atoms with E-state index in [1.165, 1.54) is 17.3 Å². The zero-order chi connectivity index (χ0) is 18.9. The number of benzene rings is 2. The van der Waals surface area contributed by atoms with Gasteiger partial charge in [0.05, 0.1) is 5.75 Å². The number of nitrogens with one attached hydrogen (secondary N) is 1. The quantitative estimate of drug-likeness (QED) is 0.689. The third kappa shape index (κ3) is 3.62. The lowest BCUT2D eigenvalue weighted by Crippen LogP contribution is -2.34. The van der Waals surface area contributed by atoms with E-state index in [4.69, 9.17) is 0 Å². The molecular weight excluding hydrogens is 356 g/mol. The molecule has 1 amide bonds. The summed E-state index contributed by atoms with van der Waals surface area (Å²) in [6.45, 7) is 4.92. The van der Waals surface area contributed by atoms with Crippen LogP contribution in [-0.4, -0.2) is 26.4 Å². The molecule has 0 unspecified atom stereocenters. The number of fused-ring (bicyclic) bond motifs is 3. The largest absolute Gasteiger partial charge is 0.351 e. The van der Waals surface area contributed by atoms with E-state index < -0.39 is 0 Å².